The fourth-order valence-electron chi connectivity index (χ4n) is 5.08. The average molecular weight is 476 g/mol. The van der Waals surface area contributed by atoms with E-state index in [1.165, 1.54) is 11.1 Å². The maximum absolute atomic E-state index is 13.0. The molecule has 9 nitrogen and oxygen atoms in total. The first-order valence-corrected chi connectivity index (χ1v) is 12.1. The smallest absolute Gasteiger partial charge is 0.340 e. The quantitative estimate of drug-likeness (QED) is 0.340. The van der Waals surface area contributed by atoms with Crippen molar-refractivity contribution in [3.05, 3.63) is 66.6 Å². The van der Waals surface area contributed by atoms with Crippen LogP contribution in [-0.4, -0.2) is 82.9 Å². The minimum absolute atomic E-state index is 0.0666. The number of aromatic nitrogens is 2. The highest BCUT2D eigenvalue weighted by Gasteiger charge is 2.48. The molecule has 4 heterocycles. The molecule has 0 N–H and O–H groups in total. The number of amides is 2. The Bertz CT molecular complexity index is 1060. The summed E-state index contributed by atoms with van der Waals surface area (Å²) in [6.45, 7) is 3.60. The standard InChI is InChI=1S/C26H29N5O4/c32-24-21-7-1-2-8-22(21)25(33)31(24)18-20(35-26(34)19-6-5-10-27-16-19)17-29-12-14-30(15-13-29)23-9-3-4-11-28-23/h1-6,9-11,16,20-22H,7-8,12-15,17-18H2/t20?,21-,22+. The van der Waals surface area contributed by atoms with E-state index in [2.05, 4.69) is 19.8 Å². The zero-order valence-electron chi connectivity index (χ0n) is 19.5. The molecule has 0 aromatic carbocycles. The monoisotopic (exact) mass is 475 g/mol. The van der Waals surface area contributed by atoms with E-state index in [-0.39, 0.29) is 30.2 Å². The molecule has 0 saturated carbocycles. The molecule has 1 unspecified atom stereocenters. The van der Waals surface area contributed by atoms with E-state index in [0.29, 0.717) is 24.9 Å². The van der Waals surface area contributed by atoms with Crippen LogP contribution in [0, 0.1) is 11.8 Å². The Labute approximate surface area is 204 Å². The second kappa shape index (κ2) is 10.4. The summed E-state index contributed by atoms with van der Waals surface area (Å²) in [7, 11) is 0. The van der Waals surface area contributed by atoms with Gasteiger partial charge in [0.15, 0.2) is 0 Å². The lowest BCUT2D eigenvalue weighted by Gasteiger charge is -2.37. The van der Waals surface area contributed by atoms with Crippen molar-refractivity contribution in [1.82, 2.24) is 19.8 Å². The molecular formula is C26H29N5O4. The molecule has 2 aromatic heterocycles. The van der Waals surface area contributed by atoms with Gasteiger partial charge in [-0.25, -0.2) is 9.78 Å². The summed E-state index contributed by atoms with van der Waals surface area (Å²) in [4.78, 5) is 53.0. The van der Waals surface area contributed by atoms with Crippen molar-refractivity contribution in [2.45, 2.75) is 18.9 Å². The summed E-state index contributed by atoms with van der Waals surface area (Å²) in [5, 5.41) is 0. The van der Waals surface area contributed by atoms with Crippen molar-refractivity contribution in [3.8, 4) is 0 Å². The van der Waals surface area contributed by atoms with Gasteiger partial charge in [-0.15, -0.1) is 0 Å². The van der Waals surface area contributed by atoms with Crippen LogP contribution in [-0.2, 0) is 14.3 Å². The maximum Gasteiger partial charge on any atom is 0.340 e. The van der Waals surface area contributed by atoms with Gasteiger partial charge < -0.3 is 9.64 Å². The number of imide groups is 1. The molecule has 182 valence electrons. The van der Waals surface area contributed by atoms with E-state index in [0.717, 1.165) is 32.0 Å². The third-order valence-electron chi connectivity index (χ3n) is 6.96. The second-order valence-corrected chi connectivity index (χ2v) is 9.19. The van der Waals surface area contributed by atoms with E-state index in [1.807, 2.05) is 30.4 Å². The molecule has 1 aliphatic carbocycles. The number of allylic oxidation sites excluding steroid dienone is 2. The van der Waals surface area contributed by atoms with Crippen LogP contribution < -0.4 is 4.90 Å². The lowest BCUT2D eigenvalue weighted by atomic mass is 9.85. The molecule has 2 saturated heterocycles. The van der Waals surface area contributed by atoms with Crippen LogP contribution >= 0.6 is 0 Å². The molecule has 0 bridgehead atoms. The van der Waals surface area contributed by atoms with Gasteiger partial charge in [-0.05, 0) is 37.1 Å². The molecule has 35 heavy (non-hydrogen) atoms. The number of fused-ring (bicyclic) bond motifs is 1. The lowest BCUT2D eigenvalue weighted by molar-refractivity contribution is -0.141. The summed E-state index contributed by atoms with van der Waals surface area (Å²) in [6.07, 6.45) is 9.30. The van der Waals surface area contributed by atoms with Crippen molar-refractivity contribution < 1.29 is 19.1 Å². The number of esters is 1. The first-order chi connectivity index (χ1) is 17.1. The predicted molar refractivity (Wildman–Crippen MR) is 128 cm³/mol. The zero-order chi connectivity index (χ0) is 24.2. The lowest BCUT2D eigenvalue weighted by Crippen LogP contribution is -2.51. The van der Waals surface area contributed by atoms with Crippen molar-refractivity contribution in [2.75, 3.05) is 44.2 Å². The van der Waals surface area contributed by atoms with E-state index in [9.17, 15) is 14.4 Å². The number of carbonyl (C=O) groups excluding carboxylic acids is 3. The number of hydrogen-bond acceptors (Lipinski definition) is 8. The third-order valence-corrected chi connectivity index (χ3v) is 6.96. The first-order valence-electron chi connectivity index (χ1n) is 12.1. The second-order valence-electron chi connectivity index (χ2n) is 9.19. The molecule has 3 aliphatic rings. The van der Waals surface area contributed by atoms with Crippen LogP contribution in [0.15, 0.2) is 61.1 Å². The molecule has 2 aromatic rings. The number of nitrogens with zero attached hydrogens (tertiary/aromatic N) is 5. The summed E-state index contributed by atoms with van der Waals surface area (Å²) in [5.41, 5.74) is 0.342. The minimum atomic E-state index is -0.634. The van der Waals surface area contributed by atoms with Crippen LogP contribution in [0.25, 0.3) is 0 Å². The van der Waals surface area contributed by atoms with E-state index >= 15 is 0 Å². The molecule has 3 atom stereocenters. The average Bonchev–Trinajstić information content (AvgIpc) is 3.15. The number of ether oxygens (including phenoxy) is 1. The number of hydrogen-bond donors (Lipinski definition) is 0. The first kappa shape index (κ1) is 23.2. The topological polar surface area (TPSA) is 95.9 Å². The molecule has 0 spiro atoms. The maximum atomic E-state index is 13.0. The summed E-state index contributed by atoms with van der Waals surface area (Å²) < 4.78 is 5.85. The summed E-state index contributed by atoms with van der Waals surface area (Å²) in [5.74, 6) is -0.490. The van der Waals surface area contributed by atoms with Gasteiger partial charge in [0.1, 0.15) is 11.9 Å². The molecule has 2 fully saturated rings. The highest BCUT2D eigenvalue weighted by Crippen LogP contribution is 2.35. The van der Waals surface area contributed by atoms with Gasteiger partial charge in [0, 0.05) is 51.3 Å². The van der Waals surface area contributed by atoms with Gasteiger partial charge in [-0.2, -0.15) is 0 Å². The Morgan fingerprint density at radius 3 is 2.31 bits per heavy atom. The van der Waals surface area contributed by atoms with E-state index in [4.69, 9.17) is 4.74 Å². The summed E-state index contributed by atoms with van der Waals surface area (Å²) >= 11 is 0. The van der Waals surface area contributed by atoms with Gasteiger partial charge in [-0.1, -0.05) is 18.2 Å². The molecule has 9 heteroatoms. The summed E-state index contributed by atoms with van der Waals surface area (Å²) in [6, 6.07) is 9.18. The van der Waals surface area contributed by atoms with Crippen LogP contribution in [0.5, 0.6) is 0 Å². The van der Waals surface area contributed by atoms with Gasteiger partial charge in [0.05, 0.1) is 23.9 Å². The number of carbonyl (C=O) groups is 3. The SMILES string of the molecule is O=C(OC(CN1CCN(c2ccccn2)CC1)CN1C(=O)[C@H]2CC=CC[C@H]2C1=O)c1cccnc1. The Morgan fingerprint density at radius 2 is 1.69 bits per heavy atom. The fourth-order valence-corrected chi connectivity index (χ4v) is 5.08. The molecule has 2 amide bonds. The molecule has 5 rings (SSSR count). The Hall–Kier alpha value is -3.59. The predicted octanol–water partition coefficient (Wildman–Crippen LogP) is 1.78. The largest absolute Gasteiger partial charge is 0.455 e. The number of anilines is 1. The van der Waals surface area contributed by atoms with Crippen molar-refractivity contribution in [1.29, 1.82) is 0 Å². The minimum Gasteiger partial charge on any atom is -0.455 e. The van der Waals surface area contributed by atoms with Gasteiger partial charge in [0.25, 0.3) is 0 Å². The van der Waals surface area contributed by atoms with E-state index in [1.54, 1.807) is 24.5 Å². The Morgan fingerprint density at radius 1 is 0.943 bits per heavy atom. The van der Waals surface area contributed by atoms with Gasteiger partial charge in [-0.3, -0.25) is 24.4 Å². The highest BCUT2D eigenvalue weighted by molar-refractivity contribution is 6.05. The Balaban J connectivity index is 1.27. The van der Waals surface area contributed by atoms with Gasteiger partial charge in [0.2, 0.25) is 11.8 Å². The molecule has 2 aliphatic heterocycles. The van der Waals surface area contributed by atoms with Crippen LogP contribution in [0.4, 0.5) is 5.82 Å². The third kappa shape index (κ3) is 5.09. The number of pyridine rings is 2. The van der Waals surface area contributed by atoms with Crippen molar-refractivity contribution in [2.24, 2.45) is 11.8 Å². The molecular weight excluding hydrogens is 446 g/mol. The normalized spacial score (nSPS) is 23.3. The number of piperazine rings is 1. The Kier molecular flexibility index (Phi) is 6.85. The van der Waals surface area contributed by atoms with Gasteiger partial charge >= 0.3 is 5.97 Å². The van der Waals surface area contributed by atoms with E-state index < -0.39 is 12.1 Å². The fraction of sp³-hybridized carbons (Fsp3) is 0.423. The number of likely N-dealkylation sites (tertiary alicyclic amines) is 1. The van der Waals surface area contributed by atoms with Crippen LogP contribution in [0.1, 0.15) is 23.2 Å². The highest BCUT2D eigenvalue weighted by atomic mass is 16.5. The zero-order valence-corrected chi connectivity index (χ0v) is 19.5. The van der Waals surface area contributed by atoms with Crippen LogP contribution in [0.3, 0.4) is 0 Å². The van der Waals surface area contributed by atoms with Crippen molar-refractivity contribution >= 4 is 23.6 Å². The van der Waals surface area contributed by atoms with Crippen molar-refractivity contribution in [3.63, 3.8) is 0 Å². The molecule has 0 radical (unpaired) electrons. The number of rotatable bonds is 7. The van der Waals surface area contributed by atoms with Crippen LogP contribution in [0.2, 0.25) is 0 Å².